The molecule has 0 aromatic carbocycles. The molecular formula is C16H28N8O2. The quantitative estimate of drug-likeness (QED) is 0.559. The molecule has 4 unspecified atom stereocenters. The first-order valence-electron chi connectivity index (χ1n) is 8.76. The lowest BCUT2D eigenvalue weighted by atomic mass is 10.4. The smallest absolute Gasteiger partial charge is 0.323 e. The lowest BCUT2D eigenvalue weighted by Gasteiger charge is -2.34. The van der Waals surface area contributed by atoms with Crippen LogP contribution in [0, 0.1) is 0 Å². The van der Waals surface area contributed by atoms with Gasteiger partial charge in [-0.05, 0) is 0 Å². The fourth-order valence-electron chi connectivity index (χ4n) is 5.22. The number of hydrogen-bond donors (Lipinski definition) is 0. The van der Waals surface area contributed by atoms with Gasteiger partial charge in [0.05, 0.1) is 0 Å². The van der Waals surface area contributed by atoms with Crippen LogP contribution in [0.5, 0.6) is 0 Å². The fourth-order valence-corrected chi connectivity index (χ4v) is 5.22. The van der Waals surface area contributed by atoms with Crippen LogP contribution in [0.2, 0.25) is 0 Å². The van der Waals surface area contributed by atoms with Gasteiger partial charge in [-0.2, -0.15) is 0 Å². The van der Waals surface area contributed by atoms with Gasteiger partial charge in [0, 0.05) is 56.4 Å². The van der Waals surface area contributed by atoms with Gasteiger partial charge < -0.3 is 39.2 Å². The van der Waals surface area contributed by atoms with E-state index >= 15 is 0 Å². The summed E-state index contributed by atoms with van der Waals surface area (Å²) in [6.45, 7) is 0. The minimum atomic E-state index is -0.0423. The van der Waals surface area contributed by atoms with Crippen LogP contribution >= 0.6 is 0 Å². The predicted molar refractivity (Wildman–Crippen MR) is 95.1 cm³/mol. The van der Waals surface area contributed by atoms with E-state index in [0.717, 1.165) is 11.6 Å². The summed E-state index contributed by atoms with van der Waals surface area (Å²) in [5, 5.41) is 0. The average Bonchev–Trinajstić information content (AvgIpc) is 3.17. The molecule has 26 heavy (non-hydrogen) atoms. The van der Waals surface area contributed by atoms with Crippen molar-refractivity contribution in [3.05, 3.63) is 11.6 Å². The lowest BCUT2D eigenvalue weighted by molar-refractivity contribution is 0.153. The predicted octanol–water partition coefficient (Wildman–Crippen LogP) is -0.834. The van der Waals surface area contributed by atoms with Crippen molar-refractivity contribution in [2.24, 2.45) is 0 Å². The SMILES string of the molecule is CN1C(=O)N(C)C2C1N(C)C(=C1N(C)C3C(N(C)C(=O)N3C)N1C)N2C. The van der Waals surface area contributed by atoms with Crippen molar-refractivity contribution < 1.29 is 9.59 Å². The first kappa shape index (κ1) is 16.9. The number of fused-ring (bicyclic) bond motifs is 2. The molecule has 4 heterocycles. The van der Waals surface area contributed by atoms with Gasteiger partial charge in [0.15, 0.2) is 0 Å². The van der Waals surface area contributed by atoms with Crippen molar-refractivity contribution in [2.75, 3.05) is 56.4 Å². The first-order valence-corrected chi connectivity index (χ1v) is 8.76. The van der Waals surface area contributed by atoms with E-state index in [-0.39, 0.29) is 36.7 Å². The van der Waals surface area contributed by atoms with Crippen molar-refractivity contribution in [3.8, 4) is 0 Å². The lowest BCUT2D eigenvalue weighted by Crippen LogP contribution is -2.43. The van der Waals surface area contributed by atoms with E-state index in [1.165, 1.54) is 0 Å². The summed E-state index contributed by atoms with van der Waals surface area (Å²) >= 11 is 0. The van der Waals surface area contributed by atoms with E-state index in [9.17, 15) is 9.59 Å². The molecule has 4 amide bonds. The number of rotatable bonds is 0. The summed E-state index contributed by atoms with van der Waals surface area (Å²) < 4.78 is 0. The van der Waals surface area contributed by atoms with E-state index in [4.69, 9.17) is 0 Å². The largest absolute Gasteiger partial charge is 0.334 e. The summed E-state index contributed by atoms with van der Waals surface area (Å²) in [6.07, 6.45) is -0.169. The Morgan fingerprint density at radius 1 is 0.423 bits per heavy atom. The van der Waals surface area contributed by atoms with Crippen LogP contribution in [0.1, 0.15) is 0 Å². The molecule has 4 aliphatic rings. The summed E-state index contributed by atoms with van der Waals surface area (Å²) in [4.78, 5) is 40.5. The monoisotopic (exact) mass is 364 g/mol. The molecule has 4 saturated heterocycles. The van der Waals surface area contributed by atoms with Crippen molar-refractivity contribution >= 4 is 12.1 Å². The standard InChI is InChI=1S/C16H28N8O2/c1-17-9(18(2)12-11(17)21(5)15(25)22(12)6)10-19(3)13-14(20(10)4)24(8)16(26)23(13)7/h11-14H,1-8H3. The van der Waals surface area contributed by atoms with E-state index in [1.807, 2.05) is 56.4 Å². The van der Waals surface area contributed by atoms with Crippen molar-refractivity contribution in [2.45, 2.75) is 24.7 Å². The Balaban J connectivity index is 1.79. The molecule has 0 aromatic rings. The molecule has 10 heteroatoms. The summed E-state index contributed by atoms with van der Waals surface area (Å²) in [6, 6.07) is 0.0515. The van der Waals surface area contributed by atoms with Gasteiger partial charge in [-0.25, -0.2) is 9.59 Å². The minimum Gasteiger partial charge on any atom is -0.334 e. The zero-order chi connectivity index (χ0) is 19.2. The second-order valence-corrected chi connectivity index (χ2v) is 7.75. The van der Waals surface area contributed by atoms with Crippen LogP contribution in [-0.4, -0.2) is 132 Å². The molecule has 0 radical (unpaired) electrons. The third-order valence-corrected chi connectivity index (χ3v) is 6.45. The second-order valence-electron chi connectivity index (χ2n) is 7.75. The Morgan fingerprint density at radius 3 is 0.808 bits per heavy atom. The molecule has 0 N–H and O–H groups in total. The maximum atomic E-state index is 12.4. The number of amides is 4. The zero-order valence-electron chi connectivity index (χ0n) is 16.7. The highest BCUT2D eigenvalue weighted by Gasteiger charge is 2.58. The van der Waals surface area contributed by atoms with Gasteiger partial charge >= 0.3 is 12.1 Å². The van der Waals surface area contributed by atoms with Gasteiger partial charge in [-0.15, -0.1) is 0 Å². The Bertz CT molecular complexity index is 600. The highest BCUT2D eigenvalue weighted by molar-refractivity contribution is 5.78. The van der Waals surface area contributed by atoms with E-state index in [2.05, 4.69) is 19.6 Å². The highest BCUT2D eigenvalue weighted by Crippen LogP contribution is 2.42. The Kier molecular flexibility index (Phi) is 3.26. The van der Waals surface area contributed by atoms with Gasteiger partial charge in [0.2, 0.25) is 0 Å². The Morgan fingerprint density at radius 2 is 0.615 bits per heavy atom. The Labute approximate surface area is 154 Å². The minimum absolute atomic E-state index is 0.0258. The zero-order valence-corrected chi connectivity index (χ0v) is 16.7. The Hall–Kier alpha value is -2.52. The van der Waals surface area contributed by atoms with Crippen LogP contribution in [0.4, 0.5) is 9.59 Å². The molecule has 4 aliphatic heterocycles. The number of hydrogen-bond acceptors (Lipinski definition) is 6. The van der Waals surface area contributed by atoms with E-state index < -0.39 is 0 Å². The average molecular weight is 364 g/mol. The topological polar surface area (TPSA) is 60.1 Å². The molecule has 0 bridgehead atoms. The van der Waals surface area contributed by atoms with Gasteiger partial charge in [-0.3, -0.25) is 0 Å². The normalized spacial score (nSPS) is 34.3. The molecule has 4 rings (SSSR count). The van der Waals surface area contributed by atoms with Crippen LogP contribution in [-0.2, 0) is 0 Å². The van der Waals surface area contributed by atoms with Crippen LogP contribution in [0.15, 0.2) is 11.6 Å². The third-order valence-electron chi connectivity index (χ3n) is 6.45. The van der Waals surface area contributed by atoms with E-state index in [0.29, 0.717) is 0 Å². The summed E-state index contributed by atoms with van der Waals surface area (Å²) in [5.41, 5.74) is 0. The highest BCUT2D eigenvalue weighted by atomic mass is 16.2. The molecule has 144 valence electrons. The molecule has 10 nitrogen and oxygen atoms in total. The van der Waals surface area contributed by atoms with E-state index in [1.54, 1.807) is 19.6 Å². The number of nitrogens with zero attached hydrogens (tertiary/aromatic N) is 8. The maximum absolute atomic E-state index is 12.4. The number of urea groups is 2. The van der Waals surface area contributed by atoms with Crippen LogP contribution < -0.4 is 0 Å². The molecule has 0 spiro atoms. The number of carbonyl (C=O) groups is 2. The summed E-state index contributed by atoms with van der Waals surface area (Å²) in [5.74, 6) is 2.11. The van der Waals surface area contributed by atoms with Gasteiger partial charge in [0.1, 0.15) is 36.3 Å². The van der Waals surface area contributed by atoms with Gasteiger partial charge in [0.25, 0.3) is 0 Å². The fraction of sp³-hybridized carbons (Fsp3) is 0.750. The number of carbonyl (C=O) groups excluding carboxylic acids is 2. The van der Waals surface area contributed by atoms with Crippen molar-refractivity contribution in [1.82, 2.24) is 39.2 Å². The molecule has 0 aliphatic carbocycles. The molecule has 0 saturated carbocycles. The van der Waals surface area contributed by atoms with Crippen molar-refractivity contribution in [1.29, 1.82) is 0 Å². The van der Waals surface area contributed by atoms with Gasteiger partial charge in [-0.1, -0.05) is 0 Å². The van der Waals surface area contributed by atoms with Crippen LogP contribution in [0.3, 0.4) is 0 Å². The second kappa shape index (κ2) is 5.01. The first-order chi connectivity index (χ1) is 12.1. The molecule has 0 aromatic heterocycles. The third kappa shape index (κ3) is 1.67. The number of likely N-dealkylation sites (N-methyl/N-ethyl adjacent to an activating group) is 8. The maximum Gasteiger partial charge on any atom is 0.323 e. The van der Waals surface area contributed by atoms with Crippen LogP contribution in [0.25, 0.3) is 0 Å². The molecule has 4 fully saturated rings. The summed E-state index contributed by atoms with van der Waals surface area (Å²) in [7, 11) is 15.5. The van der Waals surface area contributed by atoms with Crippen molar-refractivity contribution in [3.63, 3.8) is 0 Å². The molecular weight excluding hydrogens is 336 g/mol. The molecule has 4 atom stereocenters.